The molecule has 0 bridgehead atoms. The number of nitrogens with two attached hydrogens (primary N) is 1. The molecule has 1 fully saturated rings. The molecule has 2 nitrogen and oxygen atoms in total. The van der Waals surface area contributed by atoms with Gasteiger partial charge in [0, 0.05) is 29.3 Å². The summed E-state index contributed by atoms with van der Waals surface area (Å²) in [6.07, 6.45) is 4.70. The molecule has 1 saturated heterocycles. The first-order valence-electron chi connectivity index (χ1n) is 4.62. The molecule has 2 heterocycles. The molecule has 0 amide bonds. The van der Waals surface area contributed by atoms with Gasteiger partial charge in [-0.1, -0.05) is 0 Å². The first-order valence-corrected chi connectivity index (χ1v) is 6.59. The molecule has 1 aromatic rings. The second kappa shape index (κ2) is 4.44. The van der Waals surface area contributed by atoms with Crippen molar-refractivity contribution in [2.24, 2.45) is 5.73 Å². The highest BCUT2D eigenvalue weighted by atomic mass is 32.2. The van der Waals surface area contributed by atoms with Crippen LogP contribution in [0.1, 0.15) is 28.6 Å². The summed E-state index contributed by atoms with van der Waals surface area (Å²) in [4.78, 5) is 5.73. The van der Waals surface area contributed by atoms with E-state index in [1.165, 1.54) is 29.2 Å². The largest absolute Gasteiger partial charge is 0.325 e. The lowest BCUT2D eigenvalue weighted by Crippen LogP contribution is -2.06. The van der Waals surface area contributed by atoms with Crippen LogP contribution in [0, 0.1) is 0 Å². The molecule has 1 aliphatic heterocycles. The van der Waals surface area contributed by atoms with Crippen molar-refractivity contribution in [3.05, 3.63) is 16.1 Å². The molecule has 2 N–H and O–H groups in total. The second-order valence-electron chi connectivity index (χ2n) is 3.27. The molecule has 0 aromatic carbocycles. The van der Waals surface area contributed by atoms with Gasteiger partial charge in [-0.15, -0.1) is 11.3 Å². The zero-order valence-corrected chi connectivity index (χ0v) is 9.16. The second-order valence-corrected chi connectivity index (χ2v) is 5.57. The molecule has 1 aromatic heterocycles. The van der Waals surface area contributed by atoms with Gasteiger partial charge in [0.15, 0.2) is 0 Å². The van der Waals surface area contributed by atoms with E-state index in [2.05, 4.69) is 16.7 Å². The van der Waals surface area contributed by atoms with Gasteiger partial charge in [-0.25, -0.2) is 4.98 Å². The first-order chi connectivity index (χ1) is 6.40. The van der Waals surface area contributed by atoms with Gasteiger partial charge in [-0.2, -0.15) is 11.8 Å². The van der Waals surface area contributed by atoms with Gasteiger partial charge in [0.2, 0.25) is 0 Å². The minimum Gasteiger partial charge on any atom is -0.325 e. The lowest BCUT2D eigenvalue weighted by atomic mass is 10.0. The molecule has 1 aliphatic rings. The maximum atomic E-state index is 5.54. The van der Waals surface area contributed by atoms with Crippen molar-refractivity contribution in [1.29, 1.82) is 0 Å². The Morgan fingerprint density at radius 2 is 2.54 bits per heavy atom. The number of hydrogen-bond acceptors (Lipinski definition) is 4. The van der Waals surface area contributed by atoms with Crippen molar-refractivity contribution in [3.63, 3.8) is 0 Å². The molecule has 2 rings (SSSR count). The summed E-state index contributed by atoms with van der Waals surface area (Å²) in [6, 6.07) is 0. The molecule has 72 valence electrons. The average Bonchev–Trinajstić information content (AvgIpc) is 2.67. The Morgan fingerprint density at radius 1 is 1.62 bits per heavy atom. The Hall–Kier alpha value is -0.0600. The quantitative estimate of drug-likeness (QED) is 0.820. The number of nitrogens with zero attached hydrogens (tertiary/aromatic N) is 1. The van der Waals surface area contributed by atoms with Crippen LogP contribution in [0.2, 0.25) is 0 Å². The average molecular weight is 214 g/mol. The third-order valence-electron chi connectivity index (χ3n) is 2.31. The van der Waals surface area contributed by atoms with Gasteiger partial charge in [-0.05, 0) is 18.6 Å². The molecule has 13 heavy (non-hydrogen) atoms. The smallest absolute Gasteiger partial charge is 0.106 e. The van der Waals surface area contributed by atoms with Crippen molar-refractivity contribution < 1.29 is 0 Å². The van der Waals surface area contributed by atoms with E-state index in [1.807, 2.05) is 6.20 Å². The van der Waals surface area contributed by atoms with Gasteiger partial charge < -0.3 is 5.73 Å². The lowest BCUT2D eigenvalue weighted by molar-refractivity contribution is 0.669. The van der Waals surface area contributed by atoms with Gasteiger partial charge in [0.25, 0.3) is 0 Å². The minimum absolute atomic E-state index is 0.588. The standard InChI is InChI=1S/C9H14N2S2/c10-4-9-11-5-8(13-9)7-2-1-3-12-6-7/h5,7H,1-4,6,10H2. The van der Waals surface area contributed by atoms with Crippen molar-refractivity contribution >= 4 is 23.1 Å². The van der Waals surface area contributed by atoms with Crippen LogP contribution in [0.3, 0.4) is 0 Å². The van der Waals surface area contributed by atoms with E-state index in [4.69, 9.17) is 5.73 Å². The van der Waals surface area contributed by atoms with Crippen LogP contribution in [-0.2, 0) is 6.54 Å². The van der Waals surface area contributed by atoms with Crippen LogP contribution in [0.15, 0.2) is 6.20 Å². The Labute approximate surface area is 86.9 Å². The maximum Gasteiger partial charge on any atom is 0.106 e. The van der Waals surface area contributed by atoms with E-state index in [-0.39, 0.29) is 0 Å². The summed E-state index contributed by atoms with van der Waals surface area (Å²) in [5.74, 6) is 3.35. The molecule has 4 heteroatoms. The van der Waals surface area contributed by atoms with Crippen molar-refractivity contribution in [3.8, 4) is 0 Å². The van der Waals surface area contributed by atoms with E-state index in [0.717, 1.165) is 10.9 Å². The summed E-state index contributed by atoms with van der Waals surface area (Å²) >= 11 is 3.85. The number of rotatable bonds is 2. The zero-order valence-electron chi connectivity index (χ0n) is 7.53. The van der Waals surface area contributed by atoms with Crippen LogP contribution in [0.4, 0.5) is 0 Å². The van der Waals surface area contributed by atoms with Crippen LogP contribution < -0.4 is 5.73 Å². The SMILES string of the molecule is NCc1ncc(C2CCCSC2)s1. The van der Waals surface area contributed by atoms with E-state index in [1.54, 1.807) is 11.3 Å². The lowest BCUT2D eigenvalue weighted by Gasteiger charge is -2.19. The van der Waals surface area contributed by atoms with Crippen molar-refractivity contribution in [1.82, 2.24) is 4.98 Å². The Balaban J connectivity index is 2.05. The Bertz CT molecular complexity index is 266. The predicted octanol–water partition coefficient (Wildman–Crippen LogP) is 2.21. The minimum atomic E-state index is 0.588. The zero-order chi connectivity index (χ0) is 9.10. The van der Waals surface area contributed by atoms with Gasteiger partial charge >= 0.3 is 0 Å². The van der Waals surface area contributed by atoms with Crippen LogP contribution >= 0.6 is 23.1 Å². The molecular weight excluding hydrogens is 200 g/mol. The summed E-state index contributed by atoms with van der Waals surface area (Å²) in [5, 5.41) is 1.07. The van der Waals surface area contributed by atoms with Crippen molar-refractivity contribution in [2.45, 2.75) is 25.3 Å². The number of aromatic nitrogens is 1. The third-order valence-corrected chi connectivity index (χ3v) is 4.71. The molecule has 1 unspecified atom stereocenters. The van der Waals surface area contributed by atoms with E-state index in [9.17, 15) is 0 Å². The molecule has 0 spiro atoms. The molecule has 0 saturated carbocycles. The summed E-state index contributed by atoms with van der Waals surface area (Å²) in [5.41, 5.74) is 5.54. The highest BCUT2D eigenvalue weighted by Gasteiger charge is 2.17. The molecule has 0 radical (unpaired) electrons. The highest BCUT2D eigenvalue weighted by molar-refractivity contribution is 7.99. The normalized spacial score (nSPS) is 23.3. The molecular formula is C9H14N2S2. The predicted molar refractivity (Wildman–Crippen MR) is 59.3 cm³/mol. The summed E-state index contributed by atoms with van der Waals surface area (Å²) in [7, 11) is 0. The number of thiazole rings is 1. The fourth-order valence-corrected chi connectivity index (χ4v) is 3.78. The summed E-state index contributed by atoms with van der Waals surface area (Å²) in [6.45, 7) is 0.588. The number of hydrogen-bond donors (Lipinski definition) is 1. The van der Waals surface area contributed by atoms with E-state index in [0.29, 0.717) is 6.54 Å². The Morgan fingerprint density at radius 3 is 3.15 bits per heavy atom. The van der Waals surface area contributed by atoms with Crippen LogP contribution in [0.25, 0.3) is 0 Å². The summed E-state index contributed by atoms with van der Waals surface area (Å²) < 4.78 is 0. The maximum absolute atomic E-state index is 5.54. The highest BCUT2D eigenvalue weighted by Crippen LogP contribution is 2.33. The number of thioether (sulfide) groups is 1. The van der Waals surface area contributed by atoms with Gasteiger partial charge in [0.05, 0.1) is 0 Å². The van der Waals surface area contributed by atoms with Crippen molar-refractivity contribution in [2.75, 3.05) is 11.5 Å². The fourth-order valence-electron chi connectivity index (χ4n) is 1.57. The van der Waals surface area contributed by atoms with Crippen LogP contribution in [0.5, 0.6) is 0 Å². The monoisotopic (exact) mass is 214 g/mol. The van der Waals surface area contributed by atoms with Crippen LogP contribution in [-0.4, -0.2) is 16.5 Å². The first kappa shape index (κ1) is 9.49. The molecule has 1 atom stereocenters. The fraction of sp³-hybridized carbons (Fsp3) is 0.667. The third kappa shape index (κ3) is 2.24. The van der Waals surface area contributed by atoms with E-state index < -0.39 is 0 Å². The molecule has 0 aliphatic carbocycles. The van der Waals surface area contributed by atoms with Gasteiger partial charge in [0.1, 0.15) is 5.01 Å². The van der Waals surface area contributed by atoms with E-state index >= 15 is 0 Å². The topological polar surface area (TPSA) is 38.9 Å². The van der Waals surface area contributed by atoms with Gasteiger partial charge in [-0.3, -0.25) is 0 Å². The Kier molecular flexibility index (Phi) is 3.24.